The van der Waals surface area contributed by atoms with Crippen molar-refractivity contribution < 1.29 is 14.6 Å². The molecule has 1 fully saturated rings. The van der Waals surface area contributed by atoms with Gasteiger partial charge < -0.3 is 14.7 Å². The summed E-state index contributed by atoms with van der Waals surface area (Å²) in [6.45, 7) is 2.04. The van der Waals surface area contributed by atoms with Gasteiger partial charge in [0.05, 0.1) is 11.4 Å². The normalized spacial score (nSPS) is 17.6. The summed E-state index contributed by atoms with van der Waals surface area (Å²) in [7, 11) is 0. The third-order valence-electron chi connectivity index (χ3n) is 6.48. The second-order valence-electron chi connectivity index (χ2n) is 8.92. The molecule has 0 radical (unpaired) electrons. The number of carboxylic acids is 1. The van der Waals surface area contributed by atoms with E-state index in [2.05, 4.69) is 4.90 Å². The maximum Gasteiger partial charge on any atom is 0.313 e. The van der Waals surface area contributed by atoms with E-state index in [0.717, 1.165) is 48.5 Å². The Morgan fingerprint density at radius 3 is 2.33 bits per heavy atom. The molecule has 1 N–H and O–H groups in total. The van der Waals surface area contributed by atoms with Crippen molar-refractivity contribution in [3.63, 3.8) is 0 Å². The van der Waals surface area contributed by atoms with Crippen molar-refractivity contribution in [2.75, 3.05) is 10.7 Å². The Hall–Kier alpha value is -3.29. The van der Waals surface area contributed by atoms with Crippen molar-refractivity contribution in [1.82, 2.24) is 0 Å². The summed E-state index contributed by atoms with van der Waals surface area (Å²) < 4.78 is 5.97. The van der Waals surface area contributed by atoms with Gasteiger partial charge in [-0.05, 0) is 79.9 Å². The van der Waals surface area contributed by atoms with Gasteiger partial charge in [-0.2, -0.15) is 0 Å². The molecule has 0 atom stereocenters. The number of rotatable bonds is 6. The molecule has 36 heavy (non-hydrogen) atoms. The first kappa shape index (κ1) is 24.4. The van der Waals surface area contributed by atoms with Gasteiger partial charge in [-0.15, -0.1) is 0 Å². The fraction of sp³-hybridized carbons (Fsp3) is 0.250. The van der Waals surface area contributed by atoms with E-state index in [-0.39, 0.29) is 5.75 Å². The number of aliphatic carboxylic acids is 1. The molecule has 0 bridgehead atoms. The summed E-state index contributed by atoms with van der Waals surface area (Å²) in [5.41, 5.74) is 2.50. The second-order valence-corrected chi connectivity index (χ2v) is 10.3. The van der Waals surface area contributed by atoms with Crippen LogP contribution in [0, 0.1) is 6.92 Å². The standard InChI is InChI=1S/C28H26ClN3O3S/c1-19-6-2-3-7-24(19)30-26-28(16-4-5-17-28)32(27(31-26)36-18-25(33)34)21-10-14-23(15-11-21)35-22-12-8-20(29)9-13-22/h2-3,6-15H,4-5,16-18H2,1H3,(H,33,34). The number of carboxylic acid groups (broad SMARTS) is 1. The average Bonchev–Trinajstić information content (AvgIpc) is 3.47. The highest BCUT2D eigenvalue weighted by atomic mass is 35.5. The van der Waals surface area contributed by atoms with Gasteiger partial charge in [0.1, 0.15) is 17.0 Å². The zero-order chi connectivity index (χ0) is 25.1. The number of amidine groups is 2. The third-order valence-corrected chi connectivity index (χ3v) is 7.65. The highest BCUT2D eigenvalue weighted by Crippen LogP contribution is 2.46. The quantitative estimate of drug-likeness (QED) is 0.365. The first-order valence-electron chi connectivity index (χ1n) is 11.9. The van der Waals surface area contributed by atoms with E-state index in [9.17, 15) is 9.90 Å². The van der Waals surface area contributed by atoms with Crippen molar-refractivity contribution in [2.24, 2.45) is 9.98 Å². The summed E-state index contributed by atoms with van der Waals surface area (Å²) in [4.78, 5) is 23.6. The van der Waals surface area contributed by atoms with Crippen LogP contribution in [0.3, 0.4) is 0 Å². The number of thioether (sulfide) groups is 1. The second kappa shape index (κ2) is 10.4. The fourth-order valence-electron chi connectivity index (χ4n) is 4.75. The lowest BCUT2D eigenvalue weighted by Crippen LogP contribution is -2.49. The highest BCUT2D eigenvalue weighted by molar-refractivity contribution is 8.14. The minimum atomic E-state index is -0.876. The Balaban J connectivity index is 1.51. The molecule has 3 aromatic carbocycles. The van der Waals surface area contributed by atoms with Crippen LogP contribution >= 0.6 is 23.4 Å². The van der Waals surface area contributed by atoms with Crippen LogP contribution in [0.15, 0.2) is 82.8 Å². The molecule has 0 unspecified atom stereocenters. The Morgan fingerprint density at radius 1 is 1.06 bits per heavy atom. The first-order chi connectivity index (χ1) is 17.4. The van der Waals surface area contributed by atoms with Crippen molar-refractivity contribution in [3.8, 4) is 11.5 Å². The molecular weight excluding hydrogens is 494 g/mol. The number of halogens is 1. The van der Waals surface area contributed by atoms with Gasteiger partial charge in [0.25, 0.3) is 0 Å². The largest absolute Gasteiger partial charge is 0.481 e. The summed E-state index contributed by atoms with van der Waals surface area (Å²) in [5, 5.41) is 10.7. The van der Waals surface area contributed by atoms with Gasteiger partial charge in [-0.3, -0.25) is 4.79 Å². The lowest BCUT2D eigenvalue weighted by Gasteiger charge is -2.36. The molecule has 1 heterocycles. The molecular formula is C28H26ClN3O3S. The number of aliphatic imine (C=N–C) groups is 2. The lowest BCUT2D eigenvalue weighted by molar-refractivity contribution is -0.133. The van der Waals surface area contributed by atoms with E-state index < -0.39 is 11.5 Å². The van der Waals surface area contributed by atoms with E-state index in [4.69, 9.17) is 26.3 Å². The number of benzene rings is 3. The van der Waals surface area contributed by atoms with Crippen LogP contribution in [0.25, 0.3) is 0 Å². The van der Waals surface area contributed by atoms with Gasteiger partial charge in [-0.25, -0.2) is 9.98 Å². The zero-order valence-corrected chi connectivity index (χ0v) is 21.4. The van der Waals surface area contributed by atoms with Gasteiger partial charge >= 0.3 is 5.97 Å². The van der Waals surface area contributed by atoms with Gasteiger partial charge in [0.15, 0.2) is 11.0 Å². The van der Waals surface area contributed by atoms with E-state index in [1.54, 1.807) is 12.1 Å². The molecule has 1 spiro atoms. The number of carbonyl (C=O) groups is 1. The summed E-state index contributed by atoms with van der Waals surface area (Å²) >= 11 is 7.21. The Bertz CT molecular complexity index is 1320. The van der Waals surface area contributed by atoms with E-state index in [1.165, 1.54) is 11.8 Å². The maximum absolute atomic E-state index is 11.4. The number of para-hydroxylation sites is 1. The molecule has 5 rings (SSSR count). The SMILES string of the molecule is Cc1ccccc1N=C1N=C(SCC(=O)O)N(c2ccc(Oc3ccc(Cl)cc3)cc2)C12CCCC2. The lowest BCUT2D eigenvalue weighted by atomic mass is 9.94. The number of hydrogen-bond acceptors (Lipinski definition) is 5. The molecule has 0 amide bonds. The molecule has 1 aliphatic carbocycles. The molecule has 2 aliphatic rings. The predicted octanol–water partition coefficient (Wildman–Crippen LogP) is 7.48. The van der Waals surface area contributed by atoms with Crippen molar-refractivity contribution >= 4 is 51.7 Å². The van der Waals surface area contributed by atoms with Crippen LogP contribution in [0.2, 0.25) is 5.02 Å². The molecule has 184 valence electrons. The first-order valence-corrected chi connectivity index (χ1v) is 13.2. The topological polar surface area (TPSA) is 74.5 Å². The maximum atomic E-state index is 11.4. The van der Waals surface area contributed by atoms with Crippen molar-refractivity contribution in [3.05, 3.63) is 83.4 Å². The van der Waals surface area contributed by atoms with Crippen LogP contribution < -0.4 is 9.64 Å². The van der Waals surface area contributed by atoms with Gasteiger partial charge in [-0.1, -0.05) is 54.4 Å². The number of ether oxygens (including phenoxy) is 1. The smallest absolute Gasteiger partial charge is 0.313 e. The number of nitrogens with zero attached hydrogens (tertiary/aromatic N) is 3. The average molecular weight is 520 g/mol. The minimum Gasteiger partial charge on any atom is -0.481 e. The number of anilines is 1. The molecule has 8 heteroatoms. The van der Waals surface area contributed by atoms with E-state index in [1.807, 2.05) is 67.6 Å². The summed E-state index contributed by atoms with van der Waals surface area (Å²) in [6, 6.07) is 23.1. The third kappa shape index (κ3) is 4.99. The van der Waals surface area contributed by atoms with Gasteiger partial charge in [0, 0.05) is 10.7 Å². The molecule has 0 aromatic heterocycles. The fourth-order valence-corrected chi connectivity index (χ4v) is 5.69. The Labute approximate surface area is 219 Å². The van der Waals surface area contributed by atoms with E-state index in [0.29, 0.717) is 21.7 Å². The Kier molecular flexibility index (Phi) is 7.03. The predicted molar refractivity (Wildman–Crippen MR) is 147 cm³/mol. The number of aryl methyl sites for hydroxylation is 1. The minimum absolute atomic E-state index is 0.0686. The highest BCUT2D eigenvalue weighted by Gasteiger charge is 2.51. The molecule has 1 saturated carbocycles. The van der Waals surface area contributed by atoms with Crippen molar-refractivity contribution in [2.45, 2.75) is 38.1 Å². The molecule has 3 aromatic rings. The summed E-state index contributed by atoms with van der Waals surface area (Å²) in [5.74, 6) is 1.21. The van der Waals surface area contributed by atoms with Crippen molar-refractivity contribution in [1.29, 1.82) is 0 Å². The van der Waals surface area contributed by atoms with E-state index >= 15 is 0 Å². The van der Waals surface area contributed by atoms with Crippen LogP contribution in [0.5, 0.6) is 11.5 Å². The van der Waals surface area contributed by atoms with Crippen LogP contribution in [-0.2, 0) is 4.79 Å². The Morgan fingerprint density at radius 2 is 1.69 bits per heavy atom. The molecule has 6 nitrogen and oxygen atoms in total. The number of hydrogen-bond donors (Lipinski definition) is 1. The van der Waals surface area contributed by atoms with Gasteiger partial charge in [0.2, 0.25) is 0 Å². The monoisotopic (exact) mass is 519 g/mol. The van der Waals surface area contributed by atoms with Crippen LogP contribution in [0.4, 0.5) is 11.4 Å². The van der Waals surface area contributed by atoms with Crippen LogP contribution in [-0.4, -0.2) is 33.4 Å². The molecule has 0 saturated heterocycles. The van der Waals surface area contributed by atoms with Crippen LogP contribution in [0.1, 0.15) is 31.2 Å². The summed E-state index contributed by atoms with van der Waals surface area (Å²) in [6.07, 6.45) is 3.93. The molecule has 1 aliphatic heterocycles. The zero-order valence-electron chi connectivity index (χ0n) is 19.9.